The molecule has 3 aromatic rings. The molecule has 1 aliphatic heterocycles. The molecule has 2 heterocycles. The number of hydrogen-bond donors (Lipinski definition) is 0. The van der Waals surface area contributed by atoms with Gasteiger partial charge < -0.3 is 23.7 Å². The highest BCUT2D eigenvalue weighted by Gasteiger charge is 2.34. The molecule has 4 rings (SSSR count). The van der Waals surface area contributed by atoms with Crippen LogP contribution in [-0.4, -0.2) is 43.9 Å². The summed E-state index contributed by atoms with van der Waals surface area (Å²) in [5.74, 6) is 1.24. The van der Waals surface area contributed by atoms with Crippen molar-refractivity contribution in [2.75, 3.05) is 27.4 Å². The molecule has 0 amide bonds. The van der Waals surface area contributed by atoms with Gasteiger partial charge in [0.15, 0.2) is 27.8 Å². The van der Waals surface area contributed by atoms with E-state index in [2.05, 4.69) is 18.8 Å². The Morgan fingerprint density at radius 1 is 0.978 bits per heavy atom. The molecule has 0 saturated heterocycles. The van der Waals surface area contributed by atoms with Gasteiger partial charge in [-0.1, -0.05) is 51.2 Å². The summed E-state index contributed by atoms with van der Waals surface area (Å²) in [5, 5.41) is 0. The van der Waals surface area contributed by atoms with E-state index in [1.165, 1.54) is 29.9 Å². The van der Waals surface area contributed by atoms with Crippen LogP contribution in [0.4, 0.5) is 0 Å². The first-order chi connectivity index (χ1) is 21.4. The minimum absolute atomic E-state index is 0.113. The van der Waals surface area contributed by atoms with E-state index in [0.717, 1.165) is 12.0 Å². The Kier molecular flexibility index (Phi) is 10.9. The first kappa shape index (κ1) is 33.5. The molecule has 1 aliphatic rings. The van der Waals surface area contributed by atoms with Crippen LogP contribution in [0.5, 0.6) is 23.0 Å². The van der Waals surface area contributed by atoms with Gasteiger partial charge in [0.05, 0.1) is 49.3 Å². The van der Waals surface area contributed by atoms with Crippen molar-refractivity contribution in [2.24, 2.45) is 16.8 Å². The SMILES string of the molecule is COc1cc(/C=c2\sc3n(c2=O)C(c2ccc(OC(C)=O)c(OC)c2)C(C(=O)OCC(C)C)=C(C)N=3)ccc1OCCC(C)C. The number of carbonyl (C=O) groups is 2. The number of rotatable bonds is 12. The van der Waals surface area contributed by atoms with Crippen molar-refractivity contribution in [1.29, 1.82) is 0 Å². The first-order valence-electron chi connectivity index (χ1n) is 14.8. The lowest BCUT2D eigenvalue weighted by Crippen LogP contribution is -2.40. The summed E-state index contributed by atoms with van der Waals surface area (Å²) in [6.45, 7) is 12.0. The minimum Gasteiger partial charge on any atom is -0.493 e. The van der Waals surface area contributed by atoms with E-state index in [1.807, 2.05) is 32.0 Å². The molecule has 0 radical (unpaired) electrons. The van der Waals surface area contributed by atoms with E-state index in [9.17, 15) is 14.4 Å². The van der Waals surface area contributed by atoms with Crippen molar-refractivity contribution in [3.63, 3.8) is 0 Å². The zero-order chi connectivity index (χ0) is 32.8. The number of hydrogen-bond acceptors (Lipinski definition) is 10. The molecule has 0 saturated carbocycles. The molecular weight excluding hydrogens is 596 g/mol. The Bertz CT molecular complexity index is 1780. The van der Waals surface area contributed by atoms with E-state index in [0.29, 0.717) is 44.6 Å². The van der Waals surface area contributed by atoms with Crippen LogP contribution in [0.2, 0.25) is 0 Å². The molecule has 0 aliphatic carbocycles. The average molecular weight is 637 g/mol. The molecule has 1 aromatic heterocycles. The Labute approximate surface area is 266 Å². The summed E-state index contributed by atoms with van der Waals surface area (Å²) in [6.07, 6.45) is 2.68. The second-order valence-electron chi connectivity index (χ2n) is 11.5. The van der Waals surface area contributed by atoms with Crippen molar-refractivity contribution >= 4 is 29.4 Å². The van der Waals surface area contributed by atoms with E-state index < -0.39 is 18.0 Å². The molecule has 0 fully saturated rings. The summed E-state index contributed by atoms with van der Waals surface area (Å²) >= 11 is 1.22. The van der Waals surface area contributed by atoms with Crippen molar-refractivity contribution in [3.8, 4) is 23.0 Å². The predicted molar refractivity (Wildman–Crippen MR) is 172 cm³/mol. The van der Waals surface area contributed by atoms with Crippen LogP contribution in [-0.2, 0) is 14.3 Å². The Morgan fingerprint density at radius 2 is 1.67 bits per heavy atom. The summed E-state index contributed by atoms with van der Waals surface area (Å²) in [7, 11) is 3.03. The van der Waals surface area contributed by atoms with E-state index in [4.69, 9.17) is 23.7 Å². The van der Waals surface area contributed by atoms with Crippen LogP contribution in [0.25, 0.3) is 6.08 Å². The van der Waals surface area contributed by atoms with E-state index in [-0.39, 0.29) is 35.2 Å². The van der Waals surface area contributed by atoms with Gasteiger partial charge in [0.1, 0.15) is 0 Å². The van der Waals surface area contributed by atoms with Crippen molar-refractivity contribution in [3.05, 3.63) is 78.5 Å². The Balaban J connectivity index is 1.84. The van der Waals surface area contributed by atoms with Gasteiger partial charge in [-0.3, -0.25) is 14.2 Å². The number of nitrogens with zero attached hydrogens (tertiary/aromatic N) is 2. The van der Waals surface area contributed by atoms with Gasteiger partial charge in [0.2, 0.25) is 0 Å². The van der Waals surface area contributed by atoms with Crippen molar-refractivity contribution < 1.29 is 33.3 Å². The molecule has 45 heavy (non-hydrogen) atoms. The fourth-order valence-corrected chi connectivity index (χ4v) is 5.81. The molecule has 0 N–H and O–H groups in total. The van der Waals surface area contributed by atoms with Crippen LogP contribution >= 0.6 is 11.3 Å². The van der Waals surface area contributed by atoms with Crippen LogP contribution < -0.4 is 33.8 Å². The highest BCUT2D eigenvalue weighted by Crippen LogP contribution is 2.36. The number of fused-ring (bicyclic) bond motifs is 1. The average Bonchev–Trinajstić information content (AvgIpc) is 3.29. The molecule has 11 heteroatoms. The van der Waals surface area contributed by atoms with Gasteiger partial charge >= 0.3 is 11.9 Å². The smallest absolute Gasteiger partial charge is 0.338 e. The minimum atomic E-state index is -0.866. The summed E-state index contributed by atoms with van der Waals surface area (Å²) in [5.41, 5.74) is 1.65. The number of methoxy groups -OCH3 is 2. The number of ether oxygens (including phenoxy) is 5. The summed E-state index contributed by atoms with van der Waals surface area (Å²) < 4.78 is 29.8. The van der Waals surface area contributed by atoms with Gasteiger partial charge in [-0.2, -0.15) is 0 Å². The lowest BCUT2D eigenvalue weighted by Gasteiger charge is -2.25. The van der Waals surface area contributed by atoms with Gasteiger partial charge in [-0.25, -0.2) is 9.79 Å². The fourth-order valence-electron chi connectivity index (χ4n) is 4.76. The molecule has 0 spiro atoms. The normalized spacial score (nSPS) is 14.7. The molecule has 2 aromatic carbocycles. The second-order valence-corrected chi connectivity index (χ2v) is 12.5. The van der Waals surface area contributed by atoms with Gasteiger partial charge in [-0.05, 0) is 66.6 Å². The Hall–Kier alpha value is -4.38. The monoisotopic (exact) mass is 636 g/mol. The van der Waals surface area contributed by atoms with Crippen LogP contribution in [0, 0.1) is 11.8 Å². The van der Waals surface area contributed by atoms with Crippen molar-refractivity contribution in [2.45, 2.75) is 54.0 Å². The number of esters is 2. The number of aromatic nitrogens is 1. The maximum absolute atomic E-state index is 14.1. The topological polar surface area (TPSA) is 115 Å². The standard InChI is InChI=1S/C34H40N2O8S/c1-19(2)13-14-42-25-11-9-23(15-27(25)40-7)16-29-32(38)36-31(24-10-12-26(44-22(6)37)28(17-24)41-8)30(21(5)35-34(36)45-29)33(39)43-18-20(3)4/h9-12,15-17,19-20,31H,13-14,18H2,1-8H3/b29-16-. The molecule has 240 valence electrons. The lowest BCUT2D eigenvalue weighted by molar-refractivity contribution is -0.140. The third kappa shape index (κ3) is 7.83. The number of thiazole rings is 1. The maximum Gasteiger partial charge on any atom is 0.338 e. The molecule has 1 atom stereocenters. The molecule has 10 nitrogen and oxygen atoms in total. The van der Waals surface area contributed by atoms with Gasteiger partial charge in [0, 0.05) is 6.92 Å². The molecular formula is C34H40N2O8S. The second kappa shape index (κ2) is 14.6. The summed E-state index contributed by atoms with van der Waals surface area (Å²) in [6, 6.07) is 9.57. The third-order valence-corrected chi connectivity index (χ3v) is 7.97. The number of allylic oxidation sites excluding steroid dienone is 1. The number of benzene rings is 2. The fraction of sp³-hybridized carbons (Fsp3) is 0.412. The molecule has 1 unspecified atom stereocenters. The Morgan fingerprint density at radius 3 is 2.31 bits per heavy atom. The third-order valence-electron chi connectivity index (χ3n) is 6.98. The number of carbonyl (C=O) groups excluding carboxylic acids is 2. The zero-order valence-electron chi connectivity index (χ0n) is 27.0. The molecule has 0 bridgehead atoms. The highest BCUT2D eigenvalue weighted by molar-refractivity contribution is 7.07. The zero-order valence-corrected chi connectivity index (χ0v) is 27.8. The quantitative estimate of drug-likeness (QED) is 0.206. The lowest BCUT2D eigenvalue weighted by atomic mass is 9.95. The van der Waals surface area contributed by atoms with Crippen LogP contribution in [0.3, 0.4) is 0 Å². The van der Waals surface area contributed by atoms with Gasteiger partial charge in [0.25, 0.3) is 5.56 Å². The van der Waals surface area contributed by atoms with Crippen LogP contribution in [0.15, 0.2) is 57.5 Å². The highest BCUT2D eigenvalue weighted by atomic mass is 32.1. The van der Waals surface area contributed by atoms with E-state index >= 15 is 0 Å². The predicted octanol–water partition coefficient (Wildman–Crippen LogP) is 4.80. The maximum atomic E-state index is 14.1. The van der Waals surface area contributed by atoms with Crippen molar-refractivity contribution in [1.82, 2.24) is 4.57 Å². The van der Waals surface area contributed by atoms with Crippen LogP contribution in [0.1, 0.15) is 65.1 Å². The first-order valence-corrected chi connectivity index (χ1v) is 15.6. The van der Waals surface area contributed by atoms with E-state index in [1.54, 1.807) is 38.3 Å². The summed E-state index contributed by atoms with van der Waals surface area (Å²) in [4.78, 5) is 44.3. The largest absolute Gasteiger partial charge is 0.493 e. The van der Waals surface area contributed by atoms with Gasteiger partial charge in [-0.15, -0.1) is 0 Å².